The van der Waals surface area contributed by atoms with Crippen molar-refractivity contribution in [2.75, 3.05) is 12.3 Å². The van der Waals surface area contributed by atoms with Crippen LogP contribution in [0.15, 0.2) is 24.4 Å². The molecule has 1 saturated heterocycles. The molecule has 0 aliphatic carbocycles. The predicted molar refractivity (Wildman–Crippen MR) is 77.4 cm³/mol. The van der Waals surface area contributed by atoms with Crippen LogP contribution in [-0.4, -0.2) is 45.2 Å². The summed E-state index contributed by atoms with van der Waals surface area (Å²) in [5, 5.41) is 9.05. The molecule has 0 bridgehead atoms. The number of hydrogen-bond donors (Lipinski definition) is 1. The molecular weight excluding hydrogens is 276 g/mol. The zero-order valence-corrected chi connectivity index (χ0v) is 12.0. The average Bonchev–Trinajstić information content (AvgIpc) is 2.94. The molecule has 108 valence electrons. The summed E-state index contributed by atoms with van der Waals surface area (Å²) < 4.78 is 0. The molecule has 1 N–H and O–H groups in total. The van der Waals surface area contributed by atoms with Crippen LogP contribution in [0.1, 0.15) is 25.0 Å². The van der Waals surface area contributed by atoms with Crippen molar-refractivity contribution in [2.24, 2.45) is 0 Å². The molecule has 0 saturated carbocycles. The second-order valence-electron chi connectivity index (χ2n) is 4.71. The highest BCUT2D eigenvalue weighted by atomic mass is 32.2. The number of rotatable bonds is 6. The lowest BCUT2D eigenvalue weighted by Crippen LogP contribution is -2.40. The van der Waals surface area contributed by atoms with Gasteiger partial charge in [0.2, 0.25) is 5.91 Å². The molecule has 5 nitrogen and oxygen atoms in total. The van der Waals surface area contributed by atoms with E-state index < -0.39 is 12.0 Å². The van der Waals surface area contributed by atoms with Crippen molar-refractivity contribution in [1.29, 1.82) is 0 Å². The van der Waals surface area contributed by atoms with E-state index in [0.29, 0.717) is 25.1 Å². The molecule has 2 rings (SSSR count). The van der Waals surface area contributed by atoms with Crippen molar-refractivity contribution in [3.05, 3.63) is 30.1 Å². The largest absolute Gasteiger partial charge is 0.480 e. The standard InChI is InChI=1S/C14H18N2O3S/c17-13(16-8-3-5-12(16)14(18)19)6-9-20-10-11-4-1-2-7-15-11/h1-2,4,7,12H,3,5-6,8-10H2,(H,18,19)/t12-/m0/s1. The third kappa shape index (κ3) is 3.96. The van der Waals surface area contributed by atoms with Gasteiger partial charge in [-0.3, -0.25) is 9.78 Å². The fourth-order valence-electron chi connectivity index (χ4n) is 2.29. The van der Waals surface area contributed by atoms with E-state index in [1.165, 1.54) is 4.90 Å². The molecular formula is C14H18N2O3S. The molecule has 6 heteroatoms. The first-order valence-electron chi connectivity index (χ1n) is 6.68. The first kappa shape index (κ1) is 14.8. The van der Waals surface area contributed by atoms with Crippen molar-refractivity contribution in [3.63, 3.8) is 0 Å². The minimum absolute atomic E-state index is 0.0524. The minimum Gasteiger partial charge on any atom is -0.480 e. The number of carboxylic acid groups (broad SMARTS) is 1. The van der Waals surface area contributed by atoms with Gasteiger partial charge in [0.05, 0.1) is 5.69 Å². The molecule has 1 aromatic rings. The van der Waals surface area contributed by atoms with Crippen LogP contribution in [0.5, 0.6) is 0 Å². The number of nitrogens with zero attached hydrogens (tertiary/aromatic N) is 2. The quantitative estimate of drug-likeness (QED) is 0.810. The fraction of sp³-hybridized carbons (Fsp3) is 0.500. The smallest absolute Gasteiger partial charge is 0.326 e. The summed E-state index contributed by atoms with van der Waals surface area (Å²) in [5.41, 5.74) is 0.995. The van der Waals surface area contributed by atoms with E-state index in [4.69, 9.17) is 5.11 Å². The van der Waals surface area contributed by atoms with Gasteiger partial charge in [-0.05, 0) is 25.0 Å². The summed E-state index contributed by atoms with van der Waals surface area (Å²) in [6.07, 6.45) is 3.50. The molecule has 1 atom stereocenters. The average molecular weight is 294 g/mol. The Labute approximate surface area is 122 Å². The number of hydrogen-bond acceptors (Lipinski definition) is 4. The van der Waals surface area contributed by atoms with Crippen LogP contribution in [0.3, 0.4) is 0 Å². The number of pyridine rings is 1. The number of carboxylic acids is 1. The Morgan fingerprint density at radius 3 is 3.00 bits per heavy atom. The number of amides is 1. The van der Waals surface area contributed by atoms with E-state index in [-0.39, 0.29) is 5.91 Å². The zero-order valence-electron chi connectivity index (χ0n) is 11.2. The van der Waals surface area contributed by atoms with Gasteiger partial charge in [0.1, 0.15) is 6.04 Å². The van der Waals surface area contributed by atoms with Gasteiger partial charge in [0, 0.05) is 30.7 Å². The van der Waals surface area contributed by atoms with Gasteiger partial charge >= 0.3 is 5.97 Å². The van der Waals surface area contributed by atoms with E-state index >= 15 is 0 Å². The van der Waals surface area contributed by atoms with Crippen molar-refractivity contribution in [1.82, 2.24) is 9.88 Å². The van der Waals surface area contributed by atoms with Crippen molar-refractivity contribution in [2.45, 2.75) is 31.1 Å². The summed E-state index contributed by atoms with van der Waals surface area (Å²) in [7, 11) is 0. The molecule has 0 aromatic carbocycles. The van der Waals surface area contributed by atoms with Crippen LogP contribution in [0.2, 0.25) is 0 Å². The van der Waals surface area contributed by atoms with Crippen LogP contribution < -0.4 is 0 Å². The molecule has 0 spiro atoms. The van der Waals surface area contributed by atoms with Gasteiger partial charge in [-0.15, -0.1) is 0 Å². The van der Waals surface area contributed by atoms with Gasteiger partial charge in [0.25, 0.3) is 0 Å². The second-order valence-corrected chi connectivity index (χ2v) is 5.81. The number of aromatic nitrogens is 1. The number of thioether (sulfide) groups is 1. The van der Waals surface area contributed by atoms with E-state index in [2.05, 4.69) is 4.98 Å². The topological polar surface area (TPSA) is 70.5 Å². The van der Waals surface area contributed by atoms with E-state index in [9.17, 15) is 9.59 Å². The third-order valence-electron chi connectivity index (χ3n) is 3.29. The van der Waals surface area contributed by atoms with Crippen molar-refractivity contribution in [3.8, 4) is 0 Å². The van der Waals surface area contributed by atoms with Gasteiger partial charge in [-0.1, -0.05) is 6.07 Å². The minimum atomic E-state index is -0.892. The Morgan fingerprint density at radius 2 is 2.30 bits per heavy atom. The van der Waals surface area contributed by atoms with Crippen LogP contribution in [0.25, 0.3) is 0 Å². The van der Waals surface area contributed by atoms with E-state index in [1.54, 1.807) is 18.0 Å². The first-order chi connectivity index (χ1) is 9.68. The predicted octanol–water partition coefficient (Wildman–Crippen LogP) is 1.78. The fourth-order valence-corrected chi connectivity index (χ4v) is 3.13. The maximum Gasteiger partial charge on any atom is 0.326 e. The zero-order chi connectivity index (χ0) is 14.4. The Hall–Kier alpha value is -1.56. The summed E-state index contributed by atoms with van der Waals surface area (Å²) >= 11 is 1.65. The number of carbonyl (C=O) groups excluding carboxylic acids is 1. The molecule has 2 heterocycles. The molecule has 1 aromatic heterocycles. The summed E-state index contributed by atoms with van der Waals surface area (Å²) in [5.74, 6) is 0.523. The summed E-state index contributed by atoms with van der Waals surface area (Å²) in [6.45, 7) is 0.570. The van der Waals surface area contributed by atoms with Crippen LogP contribution >= 0.6 is 11.8 Å². The normalized spacial score (nSPS) is 18.2. The van der Waals surface area contributed by atoms with Gasteiger partial charge < -0.3 is 10.0 Å². The lowest BCUT2D eigenvalue weighted by molar-refractivity contribution is -0.148. The van der Waals surface area contributed by atoms with Crippen LogP contribution in [0, 0.1) is 0 Å². The monoisotopic (exact) mass is 294 g/mol. The maximum absolute atomic E-state index is 12.0. The lowest BCUT2D eigenvalue weighted by Gasteiger charge is -2.21. The van der Waals surface area contributed by atoms with Gasteiger partial charge in [-0.2, -0.15) is 11.8 Å². The van der Waals surface area contributed by atoms with E-state index in [1.807, 2.05) is 18.2 Å². The van der Waals surface area contributed by atoms with Gasteiger partial charge in [-0.25, -0.2) is 4.79 Å². The molecule has 0 radical (unpaired) electrons. The Balaban J connectivity index is 1.71. The molecule has 0 unspecified atom stereocenters. The van der Waals surface area contributed by atoms with Crippen LogP contribution in [0.4, 0.5) is 0 Å². The second kappa shape index (κ2) is 7.28. The Morgan fingerprint density at radius 1 is 1.45 bits per heavy atom. The summed E-state index contributed by atoms with van der Waals surface area (Å²) in [6, 6.07) is 5.14. The Bertz CT molecular complexity index is 467. The lowest BCUT2D eigenvalue weighted by atomic mass is 10.2. The molecule has 1 amide bonds. The molecule has 1 aliphatic heterocycles. The highest BCUT2D eigenvalue weighted by molar-refractivity contribution is 7.98. The maximum atomic E-state index is 12.0. The first-order valence-corrected chi connectivity index (χ1v) is 7.84. The van der Waals surface area contributed by atoms with Gasteiger partial charge in [0.15, 0.2) is 0 Å². The number of likely N-dealkylation sites (tertiary alicyclic amines) is 1. The highest BCUT2D eigenvalue weighted by Gasteiger charge is 2.33. The van der Waals surface area contributed by atoms with E-state index in [0.717, 1.165) is 17.9 Å². The molecule has 1 aliphatic rings. The Kier molecular flexibility index (Phi) is 5.40. The summed E-state index contributed by atoms with van der Waals surface area (Å²) in [4.78, 5) is 28.7. The number of carbonyl (C=O) groups is 2. The number of aliphatic carboxylic acids is 1. The molecule has 1 fully saturated rings. The van der Waals surface area contributed by atoms with Crippen LogP contribution in [-0.2, 0) is 15.3 Å². The highest BCUT2D eigenvalue weighted by Crippen LogP contribution is 2.19. The molecule has 20 heavy (non-hydrogen) atoms. The van der Waals surface area contributed by atoms with Crippen molar-refractivity contribution < 1.29 is 14.7 Å². The SMILES string of the molecule is O=C(O)[C@@H]1CCCN1C(=O)CCSCc1ccccn1. The van der Waals surface area contributed by atoms with Crippen molar-refractivity contribution >= 4 is 23.6 Å². The third-order valence-corrected chi connectivity index (χ3v) is 4.29.